The Hall–Kier alpha value is -1.16. The third-order valence-corrected chi connectivity index (χ3v) is 3.66. The van der Waals surface area contributed by atoms with Gasteiger partial charge in [-0.05, 0) is 33.1 Å². The highest BCUT2D eigenvalue weighted by Crippen LogP contribution is 2.28. The number of hydrogen-bond donors (Lipinski definition) is 1. The van der Waals surface area contributed by atoms with Crippen molar-refractivity contribution in [3.63, 3.8) is 0 Å². The van der Waals surface area contributed by atoms with Gasteiger partial charge < -0.3 is 10.0 Å². The Labute approximate surface area is 115 Å². The molecule has 0 amide bonds. The minimum absolute atomic E-state index is 0.252. The van der Waals surface area contributed by atoms with Crippen LogP contribution in [-0.2, 0) is 0 Å². The average molecular weight is 263 g/mol. The van der Waals surface area contributed by atoms with Crippen molar-refractivity contribution in [3.05, 3.63) is 17.6 Å². The predicted octanol–water partition coefficient (Wildman–Crippen LogP) is 2.65. The van der Waals surface area contributed by atoms with E-state index < -0.39 is 0 Å². The van der Waals surface area contributed by atoms with Gasteiger partial charge in [-0.3, -0.25) is 0 Å². The van der Waals surface area contributed by atoms with Crippen molar-refractivity contribution in [2.24, 2.45) is 0 Å². The highest BCUT2D eigenvalue weighted by molar-refractivity contribution is 5.42. The van der Waals surface area contributed by atoms with Crippen LogP contribution in [0.5, 0.6) is 0 Å². The van der Waals surface area contributed by atoms with Crippen LogP contribution >= 0.6 is 0 Å². The molecule has 0 bridgehead atoms. The van der Waals surface area contributed by atoms with Crippen molar-refractivity contribution in [2.75, 3.05) is 11.4 Å². The molecule has 2 atom stereocenters. The largest absolute Gasteiger partial charge is 0.393 e. The lowest BCUT2D eigenvalue weighted by molar-refractivity contribution is 0.175. The molecule has 2 rings (SSSR count). The standard InChI is InChI=1S/C15H25N3O/c1-10(2)15-16-11(3)8-14(17-15)18-7-5-6-13(18)9-12(4)19/h8,10,12-13,19H,5-7,9H2,1-4H3. The maximum Gasteiger partial charge on any atom is 0.133 e. The SMILES string of the molecule is Cc1cc(N2CCCC2CC(C)O)nc(C(C)C)n1. The summed E-state index contributed by atoms with van der Waals surface area (Å²) in [7, 11) is 0. The fourth-order valence-electron chi connectivity index (χ4n) is 2.76. The second kappa shape index (κ2) is 5.87. The zero-order valence-corrected chi connectivity index (χ0v) is 12.4. The molecule has 0 aromatic carbocycles. The lowest BCUT2D eigenvalue weighted by atomic mass is 10.1. The van der Waals surface area contributed by atoms with Crippen LogP contribution in [0.2, 0.25) is 0 Å². The summed E-state index contributed by atoms with van der Waals surface area (Å²) in [5, 5.41) is 9.62. The smallest absolute Gasteiger partial charge is 0.133 e. The van der Waals surface area contributed by atoms with E-state index in [0.29, 0.717) is 12.0 Å². The van der Waals surface area contributed by atoms with Gasteiger partial charge in [0.2, 0.25) is 0 Å². The number of anilines is 1. The third-order valence-electron chi connectivity index (χ3n) is 3.66. The molecule has 1 N–H and O–H groups in total. The first-order valence-corrected chi connectivity index (χ1v) is 7.27. The molecule has 0 aliphatic carbocycles. The predicted molar refractivity (Wildman–Crippen MR) is 77.5 cm³/mol. The monoisotopic (exact) mass is 263 g/mol. The van der Waals surface area contributed by atoms with Gasteiger partial charge in [0.25, 0.3) is 0 Å². The molecule has 2 unspecified atom stereocenters. The van der Waals surface area contributed by atoms with E-state index in [9.17, 15) is 5.11 Å². The van der Waals surface area contributed by atoms with Gasteiger partial charge in [-0.2, -0.15) is 0 Å². The number of aliphatic hydroxyl groups is 1. The topological polar surface area (TPSA) is 49.2 Å². The Morgan fingerprint density at radius 2 is 2.11 bits per heavy atom. The van der Waals surface area contributed by atoms with Crippen LogP contribution in [0, 0.1) is 6.92 Å². The molecule has 1 aliphatic rings. The van der Waals surface area contributed by atoms with Crippen LogP contribution in [0.3, 0.4) is 0 Å². The summed E-state index contributed by atoms with van der Waals surface area (Å²) in [6.45, 7) is 9.16. The first-order chi connectivity index (χ1) is 8.97. The summed E-state index contributed by atoms with van der Waals surface area (Å²) < 4.78 is 0. The second-order valence-electron chi connectivity index (χ2n) is 5.95. The summed E-state index contributed by atoms with van der Waals surface area (Å²) in [6.07, 6.45) is 2.89. The minimum atomic E-state index is -0.252. The Morgan fingerprint density at radius 3 is 2.74 bits per heavy atom. The van der Waals surface area contributed by atoms with E-state index >= 15 is 0 Å². The fourth-order valence-corrected chi connectivity index (χ4v) is 2.76. The van der Waals surface area contributed by atoms with E-state index in [1.165, 1.54) is 6.42 Å². The van der Waals surface area contributed by atoms with Gasteiger partial charge in [0.05, 0.1) is 6.10 Å². The van der Waals surface area contributed by atoms with E-state index in [-0.39, 0.29) is 6.10 Å². The van der Waals surface area contributed by atoms with Crippen LogP contribution in [-0.4, -0.2) is 33.8 Å². The highest BCUT2D eigenvalue weighted by Gasteiger charge is 2.27. The number of aliphatic hydroxyl groups excluding tert-OH is 1. The van der Waals surface area contributed by atoms with Gasteiger partial charge in [-0.25, -0.2) is 9.97 Å². The van der Waals surface area contributed by atoms with Crippen LogP contribution in [0.1, 0.15) is 57.5 Å². The number of rotatable bonds is 4. The van der Waals surface area contributed by atoms with Crippen LogP contribution < -0.4 is 4.90 Å². The zero-order chi connectivity index (χ0) is 14.0. The van der Waals surface area contributed by atoms with Crippen LogP contribution in [0.4, 0.5) is 5.82 Å². The molecule has 1 aromatic rings. The van der Waals surface area contributed by atoms with Crippen LogP contribution in [0.25, 0.3) is 0 Å². The van der Waals surface area contributed by atoms with Gasteiger partial charge in [0, 0.05) is 30.3 Å². The molecule has 1 fully saturated rings. The Kier molecular flexibility index (Phi) is 4.40. The second-order valence-corrected chi connectivity index (χ2v) is 5.95. The molecule has 106 valence electrons. The number of hydrogen-bond acceptors (Lipinski definition) is 4. The molecule has 0 saturated carbocycles. The fraction of sp³-hybridized carbons (Fsp3) is 0.733. The summed E-state index contributed by atoms with van der Waals surface area (Å²) in [5.74, 6) is 2.29. The molecule has 1 saturated heterocycles. The zero-order valence-electron chi connectivity index (χ0n) is 12.4. The number of aromatic nitrogens is 2. The molecule has 19 heavy (non-hydrogen) atoms. The van der Waals surface area contributed by atoms with Gasteiger partial charge in [-0.15, -0.1) is 0 Å². The lowest BCUT2D eigenvalue weighted by Crippen LogP contribution is -2.32. The van der Waals surface area contributed by atoms with Gasteiger partial charge in [-0.1, -0.05) is 13.8 Å². The number of nitrogens with zero attached hydrogens (tertiary/aromatic N) is 3. The first kappa shape index (κ1) is 14.3. The quantitative estimate of drug-likeness (QED) is 0.907. The third kappa shape index (κ3) is 3.44. The molecule has 2 heterocycles. The van der Waals surface area contributed by atoms with E-state index in [0.717, 1.165) is 36.7 Å². The summed E-state index contributed by atoms with van der Waals surface area (Å²) in [6, 6.07) is 2.47. The van der Waals surface area contributed by atoms with Crippen molar-refractivity contribution < 1.29 is 5.11 Å². The normalized spacial score (nSPS) is 21.2. The van der Waals surface area contributed by atoms with E-state index in [2.05, 4.69) is 29.8 Å². The lowest BCUT2D eigenvalue weighted by Gasteiger charge is -2.27. The molecule has 4 heteroatoms. The van der Waals surface area contributed by atoms with E-state index in [4.69, 9.17) is 4.98 Å². The van der Waals surface area contributed by atoms with E-state index in [1.807, 2.05) is 13.8 Å². The van der Waals surface area contributed by atoms with Crippen LogP contribution in [0.15, 0.2) is 6.07 Å². The average Bonchev–Trinajstić information content (AvgIpc) is 2.75. The van der Waals surface area contributed by atoms with Crippen molar-refractivity contribution in [3.8, 4) is 0 Å². The minimum Gasteiger partial charge on any atom is -0.393 e. The molecular weight excluding hydrogens is 238 g/mol. The molecule has 4 nitrogen and oxygen atoms in total. The number of aryl methyl sites for hydroxylation is 1. The maximum absolute atomic E-state index is 9.62. The van der Waals surface area contributed by atoms with Gasteiger partial charge >= 0.3 is 0 Å². The Bertz CT molecular complexity index is 431. The summed E-state index contributed by atoms with van der Waals surface area (Å²) >= 11 is 0. The van der Waals surface area contributed by atoms with Crippen molar-refractivity contribution in [1.82, 2.24) is 9.97 Å². The van der Waals surface area contributed by atoms with Gasteiger partial charge in [0.15, 0.2) is 0 Å². The van der Waals surface area contributed by atoms with Crippen molar-refractivity contribution >= 4 is 5.82 Å². The summed E-state index contributed by atoms with van der Waals surface area (Å²) in [5.41, 5.74) is 1.02. The first-order valence-electron chi connectivity index (χ1n) is 7.27. The molecule has 0 spiro atoms. The van der Waals surface area contributed by atoms with Crippen molar-refractivity contribution in [1.29, 1.82) is 0 Å². The highest BCUT2D eigenvalue weighted by atomic mass is 16.3. The van der Waals surface area contributed by atoms with E-state index in [1.54, 1.807) is 0 Å². The molecule has 1 aliphatic heterocycles. The molecule has 1 aromatic heterocycles. The molecular formula is C15H25N3O. The summed E-state index contributed by atoms with van der Waals surface area (Å²) in [4.78, 5) is 11.5. The Morgan fingerprint density at radius 1 is 1.37 bits per heavy atom. The maximum atomic E-state index is 9.62. The Balaban J connectivity index is 2.25. The van der Waals surface area contributed by atoms with Gasteiger partial charge in [0.1, 0.15) is 11.6 Å². The molecule has 0 radical (unpaired) electrons. The van der Waals surface area contributed by atoms with Crippen molar-refractivity contribution in [2.45, 2.75) is 65.0 Å².